The summed E-state index contributed by atoms with van der Waals surface area (Å²) in [6, 6.07) is 11.6. The Labute approximate surface area is 155 Å². The van der Waals surface area contributed by atoms with Gasteiger partial charge in [0.15, 0.2) is 5.78 Å². The van der Waals surface area contributed by atoms with Crippen molar-refractivity contribution in [2.24, 2.45) is 0 Å². The monoisotopic (exact) mass is 366 g/mol. The summed E-state index contributed by atoms with van der Waals surface area (Å²) < 4.78 is 6.14. The Hall–Kier alpha value is -3.22. The minimum Gasteiger partial charge on any atom is -0.484 e. The second-order valence-corrected chi connectivity index (χ2v) is 7.06. The first-order chi connectivity index (χ1) is 12.9. The minimum absolute atomic E-state index is 0.0117. The normalized spacial score (nSPS) is 21.1. The van der Waals surface area contributed by atoms with E-state index in [9.17, 15) is 19.7 Å². The lowest BCUT2D eigenvalue weighted by Crippen LogP contribution is -2.45. The van der Waals surface area contributed by atoms with Gasteiger partial charge in [0.05, 0.1) is 23.5 Å². The van der Waals surface area contributed by atoms with Crippen molar-refractivity contribution >= 4 is 17.4 Å². The van der Waals surface area contributed by atoms with Crippen LogP contribution in [0, 0.1) is 17.0 Å². The summed E-state index contributed by atoms with van der Waals surface area (Å²) in [4.78, 5) is 37.7. The summed E-state index contributed by atoms with van der Waals surface area (Å²) in [5.41, 5.74) is 0.425. The lowest BCUT2D eigenvalue weighted by molar-refractivity contribution is -0.385. The van der Waals surface area contributed by atoms with Crippen LogP contribution in [0.15, 0.2) is 42.5 Å². The summed E-state index contributed by atoms with van der Waals surface area (Å²) in [6.07, 6.45) is 0.772. The molecule has 2 aromatic rings. The van der Waals surface area contributed by atoms with Crippen molar-refractivity contribution in [1.29, 1.82) is 0 Å². The van der Waals surface area contributed by atoms with E-state index in [0.29, 0.717) is 35.4 Å². The first-order valence-electron chi connectivity index (χ1n) is 8.75. The van der Waals surface area contributed by atoms with Gasteiger partial charge in [-0.1, -0.05) is 18.2 Å². The van der Waals surface area contributed by atoms with Crippen molar-refractivity contribution in [3.63, 3.8) is 0 Å². The average Bonchev–Trinajstić information content (AvgIpc) is 3.04. The molecule has 138 valence electrons. The number of hydrogen-bond acceptors (Lipinski definition) is 5. The number of Topliss-reactive ketones (excluding diaryl/α,β-unsaturated/α-hetero) is 1. The van der Waals surface area contributed by atoms with Crippen molar-refractivity contribution in [2.75, 3.05) is 13.1 Å². The van der Waals surface area contributed by atoms with Crippen molar-refractivity contribution < 1.29 is 19.2 Å². The number of carbonyl (C=O) groups is 2. The third kappa shape index (κ3) is 2.85. The molecule has 0 radical (unpaired) electrons. The average molecular weight is 366 g/mol. The fourth-order valence-electron chi connectivity index (χ4n) is 3.91. The van der Waals surface area contributed by atoms with E-state index in [1.807, 2.05) is 6.07 Å². The summed E-state index contributed by atoms with van der Waals surface area (Å²) in [7, 11) is 0. The molecule has 1 amide bonds. The van der Waals surface area contributed by atoms with Crippen LogP contribution in [0.25, 0.3) is 0 Å². The third-order valence-corrected chi connectivity index (χ3v) is 5.33. The van der Waals surface area contributed by atoms with Crippen LogP contribution in [0.1, 0.15) is 39.1 Å². The van der Waals surface area contributed by atoms with E-state index in [-0.39, 0.29) is 30.3 Å². The van der Waals surface area contributed by atoms with Gasteiger partial charge in [-0.25, -0.2) is 0 Å². The number of rotatable bonds is 2. The van der Waals surface area contributed by atoms with Gasteiger partial charge in [-0.2, -0.15) is 0 Å². The molecule has 4 rings (SSSR count). The number of carbonyl (C=O) groups excluding carboxylic acids is 2. The van der Waals surface area contributed by atoms with Gasteiger partial charge in [0.25, 0.3) is 11.6 Å². The Morgan fingerprint density at radius 3 is 2.78 bits per heavy atom. The molecule has 1 atom stereocenters. The number of ether oxygens (including phenoxy) is 1. The van der Waals surface area contributed by atoms with Gasteiger partial charge < -0.3 is 9.64 Å². The number of para-hydroxylation sites is 1. The largest absolute Gasteiger partial charge is 0.484 e. The van der Waals surface area contributed by atoms with Gasteiger partial charge in [-0.15, -0.1) is 0 Å². The molecule has 2 aromatic carbocycles. The molecule has 1 saturated heterocycles. The summed E-state index contributed by atoms with van der Waals surface area (Å²) >= 11 is 0. The number of likely N-dealkylation sites (tertiary alicyclic amines) is 1. The van der Waals surface area contributed by atoms with Crippen LogP contribution >= 0.6 is 0 Å². The molecule has 1 unspecified atom stereocenters. The number of benzene rings is 2. The maximum Gasteiger partial charge on any atom is 0.273 e. The molecular formula is C20H18N2O5. The third-order valence-electron chi connectivity index (χ3n) is 5.33. The van der Waals surface area contributed by atoms with Gasteiger partial charge in [0.2, 0.25) is 0 Å². The number of fused-ring (bicyclic) bond motifs is 1. The van der Waals surface area contributed by atoms with Gasteiger partial charge in [0, 0.05) is 30.2 Å². The second kappa shape index (κ2) is 6.19. The van der Waals surface area contributed by atoms with Crippen LogP contribution < -0.4 is 4.74 Å². The molecule has 0 aliphatic carbocycles. The zero-order valence-electron chi connectivity index (χ0n) is 14.8. The van der Waals surface area contributed by atoms with Crippen LogP contribution in [0.2, 0.25) is 0 Å². The van der Waals surface area contributed by atoms with Gasteiger partial charge in [-0.3, -0.25) is 19.7 Å². The molecule has 0 N–H and O–H groups in total. The summed E-state index contributed by atoms with van der Waals surface area (Å²) in [5, 5.41) is 11.1. The smallest absolute Gasteiger partial charge is 0.273 e. The lowest BCUT2D eigenvalue weighted by Gasteiger charge is -2.34. The molecule has 2 aliphatic rings. The molecule has 2 aliphatic heterocycles. The van der Waals surface area contributed by atoms with E-state index in [0.717, 1.165) is 0 Å². The van der Waals surface area contributed by atoms with Gasteiger partial charge in [0.1, 0.15) is 11.4 Å². The number of hydrogen-bond donors (Lipinski definition) is 0. The Morgan fingerprint density at radius 2 is 2.00 bits per heavy atom. The molecule has 7 heteroatoms. The molecule has 1 spiro atoms. The quantitative estimate of drug-likeness (QED) is 0.602. The summed E-state index contributed by atoms with van der Waals surface area (Å²) in [5.74, 6) is 0.287. The molecule has 0 saturated carbocycles. The second-order valence-electron chi connectivity index (χ2n) is 7.06. The standard InChI is InChI=1S/C20H18N2O5/c1-13-14(6-4-7-16(13)22(25)26)19(24)21-10-9-20(12-21)11-17(23)15-5-2-3-8-18(15)27-20/h2-8H,9-12H2,1H3. The maximum absolute atomic E-state index is 13.0. The predicted octanol–water partition coefficient (Wildman–Crippen LogP) is 3.15. The Bertz CT molecular complexity index is 971. The van der Waals surface area contributed by atoms with E-state index >= 15 is 0 Å². The number of nitro benzene ring substituents is 1. The highest BCUT2D eigenvalue weighted by atomic mass is 16.6. The Balaban J connectivity index is 1.59. The van der Waals surface area contributed by atoms with E-state index in [4.69, 9.17) is 4.74 Å². The molecule has 2 heterocycles. The van der Waals surface area contributed by atoms with Crippen molar-refractivity contribution in [3.8, 4) is 5.75 Å². The first kappa shape index (κ1) is 17.2. The van der Waals surface area contributed by atoms with Gasteiger partial charge >= 0.3 is 0 Å². The van der Waals surface area contributed by atoms with Crippen LogP contribution in [-0.2, 0) is 0 Å². The SMILES string of the molecule is Cc1c(C(=O)N2CCC3(CC(=O)c4ccccc4O3)C2)cccc1[N+](=O)[O-]. The Morgan fingerprint density at radius 1 is 1.22 bits per heavy atom. The number of nitrogens with zero attached hydrogens (tertiary/aromatic N) is 2. The zero-order valence-corrected chi connectivity index (χ0v) is 14.8. The Kier molecular flexibility index (Phi) is 3.95. The van der Waals surface area contributed by atoms with Crippen molar-refractivity contribution in [2.45, 2.75) is 25.4 Å². The van der Waals surface area contributed by atoms with Gasteiger partial charge in [-0.05, 0) is 25.1 Å². The number of ketones is 1. The molecule has 0 bridgehead atoms. The van der Waals surface area contributed by atoms with E-state index in [2.05, 4.69) is 0 Å². The van der Waals surface area contributed by atoms with Crippen LogP contribution in [0.4, 0.5) is 5.69 Å². The molecule has 0 aromatic heterocycles. The first-order valence-corrected chi connectivity index (χ1v) is 8.75. The number of nitro groups is 1. The highest BCUT2D eigenvalue weighted by Crippen LogP contribution is 2.39. The molecular weight excluding hydrogens is 348 g/mol. The fraction of sp³-hybridized carbons (Fsp3) is 0.300. The van der Waals surface area contributed by atoms with E-state index in [1.165, 1.54) is 12.1 Å². The lowest BCUT2D eigenvalue weighted by atomic mass is 9.89. The maximum atomic E-state index is 13.0. The minimum atomic E-state index is -0.726. The van der Waals surface area contributed by atoms with E-state index < -0.39 is 10.5 Å². The zero-order chi connectivity index (χ0) is 19.2. The van der Waals surface area contributed by atoms with Crippen LogP contribution in [-0.4, -0.2) is 40.2 Å². The van der Waals surface area contributed by atoms with Crippen LogP contribution in [0.5, 0.6) is 5.75 Å². The topological polar surface area (TPSA) is 89.8 Å². The molecule has 1 fully saturated rings. The fourth-order valence-corrected chi connectivity index (χ4v) is 3.91. The predicted molar refractivity (Wildman–Crippen MR) is 97.1 cm³/mol. The molecule has 27 heavy (non-hydrogen) atoms. The van der Waals surface area contributed by atoms with Crippen molar-refractivity contribution in [3.05, 3.63) is 69.3 Å². The molecule has 7 nitrogen and oxygen atoms in total. The number of amides is 1. The van der Waals surface area contributed by atoms with Crippen molar-refractivity contribution in [1.82, 2.24) is 4.90 Å². The highest BCUT2D eigenvalue weighted by Gasteiger charge is 2.47. The van der Waals surface area contributed by atoms with Crippen LogP contribution in [0.3, 0.4) is 0 Å². The highest BCUT2D eigenvalue weighted by molar-refractivity contribution is 6.01. The van der Waals surface area contributed by atoms with E-state index in [1.54, 1.807) is 36.1 Å². The summed E-state index contributed by atoms with van der Waals surface area (Å²) in [6.45, 7) is 2.30.